The Morgan fingerprint density at radius 1 is 1.03 bits per heavy atom. The van der Waals surface area contributed by atoms with Gasteiger partial charge in [-0.3, -0.25) is 4.79 Å². The van der Waals surface area contributed by atoms with Crippen LogP contribution in [-0.4, -0.2) is 37.8 Å². The monoisotopic (exact) mass is 392 g/mol. The summed E-state index contributed by atoms with van der Waals surface area (Å²) in [5, 5.41) is 18.1. The third-order valence-electron chi connectivity index (χ3n) is 5.33. The lowest BCUT2D eigenvalue weighted by molar-refractivity contribution is -0.137. The number of phenols is 1. The van der Waals surface area contributed by atoms with E-state index in [0.717, 1.165) is 34.9 Å². The SMILES string of the molecule is COc1ccc(CN2Cc3nnc(CCc4ccc(O)cc4)n3[C@@H](C)C2=O)cc1. The molecule has 0 saturated carbocycles. The molecule has 0 fully saturated rings. The highest BCUT2D eigenvalue weighted by Crippen LogP contribution is 2.25. The topological polar surface area (TPSA) is 80.5 Å². The van der Waals surface area contributed by atoms with Crippen molar-refractivity contribution in [2.45, 2.75) is 38.9 Å². The third kappa shape index (κ3) is 3.94. The summed E-state index contributed by atoms with van der Waals surface area (Å²) in [7, 11) is 1.64. The number of ether oxygens (including phenoxy) is 1. The van der Waals surface area contributed by atoms with Crippen molar-refractivity contribution in [2.24, 2.45) is 0 Å². The Labute approximate surface area is 169 Å². The normalized spacial score (nSPS) is 16.0. The van der Waals surface area contributed by atoms with Gasteiger partial charge in [-0.05, 0) is 48.7 Å². The van der Waals surface area contributed by atoms with Gasteiger partial charge >= 0.3 is 0 Å². The number of amides is 1. The van der Waals surface area contributed by atoms with Crippen molar-refractivity contribution in [2.75, 3.05) is 7.11 Å². The molecule has 1 N–H and O–H groups in total. The van der Waals surface area contributed by atoms with Gasteiger partial charge in [0, 0.05) is 13.0 Å². The molecule has 0 bridgehead atoms. The maximum absolute atomic E-state index is 13.0. The summed E-state index contributed by atoms with van der Waals surface area (Å²) in [5.74, 6) is 2.75. The van der Waals surface area contributed by atoms with Gasteiger partial charge in [-0.25, -0.2) is 0 Å². The number of hydrogen-bond acceptors (Lipinski definition) is 5. The fourth-order valence-electron chi connectivity index (χ4n) is 3.71. The number of fused-ring (bicyclic) bond motifs is 1. The molecule has 0 radical (unpaired) electrons. The number of methoxy groups -OCH3 is 1. The van der Waals surface area contributed by atoms with Crippen molar-refractivity contribution >= 4 is 5.91 Å². The van der Waals surface area contributed by atoms with Crippen molar-refractivity contribution in [1.29, 1.82) is 0 Å². The van der Waals surface area contributed by atoms with Gasteiger partial charge in [0.15, 0.2) is 5.82 Å². The van der Waals surface area contributed by atoms with Crippen LogP contribution in [0.2, 0.25) is 0 Å². The molecule has 1 aromatic heterocycles. The molecule has 7 nitrogen and oxygen atoms in total. The highest BCUT2D eigenvalue weighted by atomic mass is 16.5. The zero-order chi connectivity index (χ0) is 20.4. The Kier molecular flexibility index (Phi) is 5.20. The summed E-state index contributed by atoms with van der Waals surface area (Å²) in [6.07, 6.45) is 1.46. The van der Waals surface area contributed by atoms with Gasteiger partial charge in [0.05, 0.1) is 13.7 Å². The molecule has 0 aliphatic carbocycles. The second-order valence-electron chi connectivity index (χ2n) is 7.29. The van der Waals surface area contributed by atoms with E-state index >= 15 is 0 Å². The van der Waals surface area contributed by atoms with E-state index in [4.69, 9.17) is 4.74 Å². The molecule has 0 saturated heterocycles. The van der Waals surface area contributed by atoms with Gasteiger partial charge in [0.1, 0.15) is 23.4 Å². The first-order valence-corrected chi connectivity index (χ1v) is 9.67. The molecule has 1 amide bonds. The molecule has 29 heavy (non-hydrogen) atoms. The number of nitrogens with zero attached hydrogens (tertiary/aromatic N) is 4. The van der Waals surface area contributed by atoms with Gasteiger partial charge in [-0.2, -0.15) is 0 Å². The zero-order valence-electron chi connectivity index (χ0n) is 16.6. The molecule has 1 aliphatic rings. The Morgan fingerprint density at radius 3 is 2.41 bits per heavy atom. The maximum atomic E-state index is 13.0. The van der Waals surface area contributed by atoms with E-state index in [1.807, 2.05) is 52.8 Å². The smallest absolute Gasteiger partial charge is 0.246 e. The van der Waals surface area contributed by atoms with Crippen LogP contribution in [0.15, 0.2) is 48.5 Å². The highest BCUT2D eigenvalue weighted by Gasteiger charge is 2.32. The minimum Gasteiger partial charge on any atom is -0.508 e. The van der Waals surface area contributed by atoms with E-state index in [1.165, 1.54) is 0 Å². The van der Waals surface area contributed by atoms with Crippen molar-refractivity contribution in [3.05, 3.63) is 71.3 Å². The molecule has 4 rings (SSSR count). The van der Waals surface area contributed by atoms with Crippen LogP contribution >= 0.6 is 0 Å². The predicted molar refractivity (Wildman–Crippen MR) is 107 cm³/mol. The molecule has 3 aromatic rings. The number of aromatic hydroxyl groups is 1. The number of rotatable bonds is 6. The van der Waals surface area contributed by atoms with Crippen LogP contribution in [0.4, 0.5) is 0 Å². The Hall–Kier alpha value is -3.35. The van der Waals surface area contributed by atoms with Gasteiger partial charge in [-0.15, -0.1) is 10.2 Å². The molecule has 0 unspecified atom stereocenters. The second kappa shape index (κ2) is 7.95. The molecule has 1 aliphatic heterocycles. The number of phenolic OH excluding ortho intramolecular Hbond substituents is 1. The Bertz CT molecular complexity index is 996. The fraction of sp³-hybridized carbons (Fsp3) is 0.318. The minimum absolute atomic E-state index is 0.0685. The molecule has 0 spiro atoms. The summed E-state index contributed by atoms with van der Waals surface area (Å²) >= 11 is 0. The van der Waals surface area contributed by atoms with Gasteiger partial charge in [-0.1, -0.05) is 24.3 Å². The highest BCUT2D eigenvalue weighted by molar-refractivity contribution is 5.81. The van der Waals surface area contributed by atoms with Crippen LogP contribution in [0.25, 0.3) is 0 Å². The third-order valence-corrected chi connectivity index (χ3v) is 5.33. The van der Waals surface area contributed by atoms with Crippen LogP contribution in [0.5, 0.6) is 11.5 Å². The van der Waals surface area contributed by atoms with Gasteiger partial charge < -0.3 is 19.3 Å². The first-order chi connectivity index (χ1) is 14.0. The van der Waals surface area contributed by atoms with Crippen molar-refractivity contribution in [3.8, 4) is 11.5 Å². The number of carbonyl (C=O) groups excluding carboxylic acids is 1. The first kappa shape index (κ1) is 19.0. The lowest BCUT2D eigenvalue weighted by atomic mass is 10.1. The summed E-state index contributed by atoms with van der Waals surface area (Å²) in [5.41, 5.74) is 2.16. The van der Waals surface area contributed by atoms with Crippen molar-refractivity contribution in [1.82, 2.24) is 19.7 Å². The second-order valence-corrected chi connectivity index (χ2v) is 7.29. The lowest BCUT2D eigenvalue weighted by Crippen LogP contribution is -2.41. The molecule has 1 atom stereocenters. The van der Waals surface area contributed by atoms with E-state index in [9.17, 15) is 9.90 Å². The van der Waals surface area contributed by atoms with Crippen molar-refractivity contribution in [3.63, 3.8) is 0 Å². The molecule has 2 aromatic carbocycles. The number of aromatic nitrogens is 3. The summed E-state index contributed by atoms with van der Waals surface area (Å²) in [6, 6.07) is 14.6. The van der Waals surface area contributed by atoms with Gasteiger partial charge in [0.25, 0.3) is 0 Å². The van der Waals surface area contributed by atoms with E-state index in [0.29, 0.717) is 19.5 Å². The summed E-state index contributed by atoms with van der Waals surface area (Å²) < 4.78 is 7.16. The summed E-state index contributed by atoms with van der Waals surface area (Å²) in [6.45, 7) is 2.88. The maximum Gasteiger partial charge on any atom is 0.246 e. The number of benzene rings is 2. The molecule has 2 heterocycles. The molecular weight excluding hydrogens is 368 g/mol. The largest absolute Gasteiger partial charge is 0.508 e. The van der Waals surface area contributed by atoms with Crippen molar-refractivity contribution < 1.29 is 14.6 Å². The van der Waals surface area contributed by atoms with Gasteiger partial charge in [0.2, 0.25) is 5.91 Å². The average Bonchev–Trinajstić information content (AvgIpc) is 3.15. The van der Waals surface area contributed by atoms with Crippen LogP contribution in [0, 0.1) is 0 Å². The Morgan fingerprint density at radius 2 is 1.72 bits per heavy atom. The quantitative estimate of drug-likeness (QED) is 0.698. The summed E-state index contributed by atoms with van der Waals surface area (Å²) in [4.78, 5) is 14.8. The molecular formula is C22H24N4O3. The van der Waals surface area contributed by atoms with E-state index in [1.54, 1.807) is 19.2 Å². The minimum atomic E-state index is -0.332. The Balaban J connectivity index is 1.47. The number of hydrogen-bond donors (Lipinski definition) is 1. The molecule has 150 valence electrons. The zero-order valence-corrected chi connectivity index (χ0v) is 16.6. The number of aryl methyl sites for hydroxylation is 2. The van der Waals surface area contributed by atoms with E-state index < -0.39 is 0 Å². The fourth-order valence-corrected chi connectivity index (χ4v) is 3.71. The van der Waals surface area contributed by atoms with Crippen LogP contribution in [0.3, 0.4) is 0 Å². The predicted octanol–water partition coefficient (Wildman–Crippen LogP) is 2.88. The van der Waals surface area contributed by atoms with Crippen LogP contribution in [0.1, 0.15) is 35.7 Å². The standard InChI is InChI=1S/C22H24N4O3/c1-15-22(28)25(13-17-5-10-19(29-2)11-6-17)14-21-24-23-20(26(15)21)12-7-16-3-8-18(27)9-4-16/h3-6,8-11,15,27H,7,12-14H2,1-2H3/t15-/m0/s1. The molecule has 7 heteroatoms. The lowest BCUT2D eigenvalue weighted by Gasteiger charge is -2.32. The first-order valence-electron chi connectivity index (χ1n) is 9.67. The van der Waals surface area contributed by atoms with E-state index in [2.05, 4.69) is 10.2 Å². The van der Waals surface area contributed by atoms with Crippen LogP contribution in [-0.2, 0) is 30.7 Å². The average molecular weight is 392 g/mol. The van der Waals surface area contributed by atoms with Crippen LogP contribution < -0.4 is 4.74 Å². The number of carbonyl (C=O) groups is 1. The van der Waals surface area contributed by atoms with E-state index in [-0.39, 0.29) is 17.7 Å².